The number of rotatable bonds is 6. The molecule has 20 heavy (non-hydrogen) atoms. The Labute approximate surface area is 120 Å². The maximum Gasteiger partial charge on any atom is 0.340 e. The molecule has 0 saturated carbocycles. The Bertz CT molecular complexity index is 458. The SMILES string of the molecule is CN(C)CCCN1CCN(/N=C/c2ccccc2)C1=O. The third kappa shape index (κ3) is 4.06. The molecule has 1 aliphatic heterocycles. The lowest BCUT2D eigenvalue weighted by Crippen LogP contribution is -2.31. The molecule has 0 atom stereocenters. The van der Waals surface area contributed by atoms with Crippen LogP contribution in [-0.4, -0.2) is 67.3 Å². The lowest BCUT2D eigenvalue weighted by atomic mass is 10.2. The fourth-order valence-electron chi connectivity index (χ4n) is 2.14. The summed E-state index contributed by atoms with van der Waals surface area (Å²) in [5.74, 6) is 0. The first-order valence-corrected chi connectivity index (χ1v) is 6.97. The first-order chi connectivity index (χ1) is 9.66. The van der Waals surface area contributed by atoms with E-state index in [-0.39, 0.29) is 6.03 Å². The molecular formula is C15H22N4O. The van der Waals surface area contributed by atoms with E-state index in [4.69, 9.17) is 0 Å². The van der Waals surface area contributed by atoms with Crippen LogP contribution in [0.4, 0.5) is 4.79 Å². The molecule has 1 saturated heterocycles. The zero-order chi connectivity index (χ0) is 14.4. The number of hydrogen-bond donors (Lipinski definition) is 0. The van der Waals surface area contributed by atoms with Gasteiger partial charge >= 0.3 is 6.03 Å². The molecule has 0 radical (unpaired) electrons. The van der Waals surface area contributed by atoms with Crippen molar-refractivity contribution < 1.29 is 4.79 Å². The Morgan fingerprint density at radius 2 is 2.00 bits per heavy atom. The molecular weight excluding hydrogens is 252 g/mol. The lowest BCUT2D eigenvalue weighted by molar-refractivity contribution is 0.192. The van der Waals surface area contributed by atoms with E-state index in [0.29, 0.717) is 6.54 Å². The minimum atomic E-state index is 0.0101. The van der Waals surface area contributed by atoms with E-state index >= 15 is 0 Å². The Morgan fingerprint density at radius 1 is 1.25 bits per heavy atom. The molecule has 0 spiro atoms. The molecule has 0 aliphatic carbocycles. The number of carbonyl (C=O) groups is 1. The smallest absolute Gasteiger partial charge is 0.321 e. The number of carbonyl (C=O) groups excluding carboxylic acids is 1. The first kappa shape index (κ1) is 14.5. The molecule has 0 bridgehead atoms. The van der Waals surface area contributed by atoms with E-state index in [1.54, 1.807) is 11.2 Å². The Kier molecular flexibility index (Phi) is 5.12. The topological polar surface area (TPSA) is 39.1 Å². The van der Waals surface area contributed by atoms with Crippen LogP contribution in [0.5, 0.6) is 0 Å². The molecule has 108 valence electrons. The van der Waals surface area contributed by atoms with Gasteiger partial charge in [-0.05, 0) is 32.6 Å². The Hall–Kier alpha value is -1.88. The standard InChI is InChI=1S/C15H22N4O/c1-17(2)9-6-10-18-11-12-19(15(18)20)16-13-14-7-4-3-5-8-14/h3-5,7-8,13H,6,9-12H2,1-2H3/b16-13+. The van der Waals surface area contributed by atoms with Gasteiger partial charge in [-0.15, -0.1) is 0 Å². The highest BCUT2D eigenvalue weighted by molar-refractivity contribution is 5.82. The van der Waals surface area contributed by atoms with Crippen molar-refractivity contribution in [2.75, 3.05) is 40.3 Å². The highest BCUT2D eigenvalue weighted by atomic mass is 16.2. The minimum absolute atomic E-state index is 0.0101. The van der Waals surface area contributed by atoms with Crippen molar-refractivity contribution in [1.29, 1.82) is 0 Å². The highest BCUT2D eigenvalue weighted by Crippen LogP contribution is 2.10. The average molecular weight is 274 g/mol. The van der Waals surface area contributed by atoms with Gasteiger partial charge in [0, 0.05) is 13.1 Å². The van der Waals surface area contributed by atoms with Crippen molar-refractivity contribution >= 4 is 12.2 Å². The van der Waals surface area contributed by atoms with Crippen molar-refractivity contribution in [2.45, 2.75) is 6.42 Å². The van der Waals surface area contributed by atoms with Crippen LogP contribution in [0, 0.1) is 0 Å². The third-order valence-corrected chi connectivity index (χ3v) is 3.25. The summed E-state index contributed by atoms with van der Waals surface area (Å²) < 4.78 is 0. The predicted octanol–water partition coefficient (Wildman–Crippen LogP) is 1.71. The van der Waals surface area contributed by atoms with Crippen LogP contribution in [-0.2, 0) is 0 Å². The summed E-state index contributed by atoms with van der Waals surface area (Å²) in [6.07, 6.45) is 2.73. The monoisotopic (exact) mass is 274 g/mol. The minimum Gasteiger partial charge on any atom is -0.321 e. The number of hydrazone groups is 1. The maximum atomic E-state index is 12.1. The zero-order valence-corrected chi connectivity index (χ0v) is 12.2. The Balaban J connectivity index is 1.83. The van der Waals surface area contributed by atoms with Crippen LogP contribution in [0.1, 0.15) is 12.0 Å². The fourth-order valence-corrected chi connectivity index (χ4v) is 2.14. The van der Waals surface area contributed by atoms with Gasteiger partial charge in [0.2, 0.25) is 0 Å². The van der Waals surface area contributed by atoms with E-state index in [0.717, 1.165) is 31.6 Å². The number of amides is 2. The van der Waals surface area contributed by atoms with E-state index in [1.165, 1.54) is 0 Å². The van der Waals surface area contributed by atoms with E-state index < -0.39 is 0 Å². The van der Waals surface area contributed by atoms with Crippen molar-refractivity contribution in [2.24, 2.45) is 5.10 Å². The summed E-state index contributed by atoms with van der Waals surface area (Å²) in [5, 5.41) is 5.82. The summed E-state index contributed by atoms with van der Waals surface area (Å²) in [5.41, 5.74) is 1.01. The Morgan fingerprint density at radius 3 is 2.70 bits per heavy atom. The van der Waals surface area contributed by atoms with Gasteiger partial charge in [-0.2, -0.15) is 5.10 Å². The molecule has 1 heterocycles. The molecule has 1 fully saturated rings. The molecule has 0 N–H and O–H groups in total. The summed E-state index contributed by atoms with van der Waals surface area (Å²) in [4.78, 5) is 16.1. The number of urea groups is 1. The van der Waals surface area contributed by atoms with Gasteiger partial charge in [0.15, 0.2) is 0 Å². The largest absolute Gasteiger partial charge is 0.340 e. The first-order valence-electron chi connectivity index (χ1n) is 6.97. The van der Waals surface area contributed by atoms with Crippen LogP contribution >= 0.6 is 0 Å². The summed E-state index contributed by atoms with van der Waals surface area (Å²) in [7, 11) is 4.09. The second-order valence-corrected chi connectivity index (χ2v) is 5.20. The van der Waals surface area contributed by atoms with Crippen LogP contribution in [0.2, 0.25) is 0 Å². The van der Waals surface area contributed by atoms with Crippen molar-refractivity contribution in [1.82, 2.24) is 14.8 Å². The molecule has 1 aliphatic rings. The van der Waals surface area contributed by atoms with Crippen LogP contribution in [0.15, 0.2) is 35.4 Å². The lowest BCUT2D eigenvalue weighted by Gasteiger charge is -2.17. The summed E-state index contributed by atoms with van der Waals surface area (Å²) in [6.45, 7) is 3.23. The molecule has 1 aromatic rings. The van der Waals surface area contributed by atoms with Crippen LogP contribution < -0.4 is 0 Å². The van der Waals surface area contributed by atoms with Gasteiger partial charge in [-0.1, -0.05) is 30.3 Å². The molecule has 5 heteroatoms. The normalized spacial score (nSPS) is 15.8. The molecule has 2 amide bonds. The van der Waals surface area contributed by atoms with Crippen molar-refractivity contribution in [3.8, 4) is 0 Å². The van der Waals surface area contributed by atoms with Gasteiger partial charge in [-0.25, -0.2) is 9.80 Å². The average Bonchev–Trinajstić information content (AvgIpc) is 2.79. The number of benzene rings is 1. The van der Waals surface area contributed by atoms with Crippen LogP contribution in [0.3, 0.4) is 0 Å². The fraction of sp³-hybridized carbons (Fsp3) is 0.467. The third-order valence-electron chi connectivity index (χ3n) is 3.25. The molecule has 0 aromatic heterocycles. The zero-order valence-electron chi connectivity index (χ0n) is 12.2. The predicted molar refractivity (Wildman–Crippen MR) is 80.9 cm³/mol. The number of nitrogens with zero attached hydrogens (tertiary/aromatic N) is 4. The maximum absolute atomic E-state index is 12.1. The van der Waals surface area contributed by atoms with Gasteiger partial charge < -0.3 is 9.80 Å². The van der Waals surface area contributed by atoms with E-state index in [1.807, 2.05) is 49.3 Å². The van der Waals surface area contributed by atoms with Crippen molar-refractivity contribution in [3.63, 3.8) is 0 Å². The molecule has 0 unspecified atom stereocenters. The van der Waals surface area contributed by atoms with E-state index in [9.17, 15) is 4.79 Å². The summed E-state index contributed by atoms with van der Waals surface area (Å²) in [6, 6.07) is 9.83. The van der Waals surface area contributed by atoms with E-state index in [2.05, 4.69) is 10.0 Å². The number of hydrogen-bond acceptors (Lipinski definition) is 3. The summed E-state index contributed by atoms with van der Waals surface area (Å²) >= 11 is 0. The van der Waals surface area contributed by atoms with Gasteiger partial charge in [0.1, 0.15) is 0 Å². The van der Waals surface area contributed by atoms with Crippen molar-refractivity contribution in [3.05, 3.63) is 35.9 Å². The molecule has 5 nitrogen and oxygen atoms in total. The highest BCUT2D eigenvalue weighted by Gasteiger charge is 2.27. The van der Waals surface area contributed by atoms with Crippen LogP contribution in [0.25, 0.3) is 0 Å². The quantitative estimate of drug-likeness (QED) is 0.741. The van der Waals surface area contributed by atoms with Gasteiger partial charge in [-0.3, -0.25) is 0 Å². The van der Waals surface area contributed by atoms with Gasteiger partial charge in [0.05, 0.1) is 12.8 Å². The van der Waals surface area contributed by atoms with Gasteiger partial charge in [0.25, 0.3) is 0 Å². The second-order valence-electron chi connectivity index (χ2n) is 5.20. The molecule has 1 aromatic carbocycles. The molecule has 2 rings (SSSR count). The second kappa shape index (κ2) is 7.05.